The highest BCUT2D eigenvalue weighted by Crippen LogP contribution is 2.53. The lowest BCUT2D eigenvalue weighted by atomic mass is 9.71. The first kappa shape index (κ1) is 13.3. The van der Waals surface area contributed by atoms with Gasteiger partial charge in [-0.15, -0.1) is 0 Å². The number of halogens is 2. The second-order valence-electron chi connectivity index (χ2n) is 6.09. The molecule has 1 saturated carbocycles. The lowest BCUT2D eigenvalue weighted by molar-refractivity contribution is 0.146. The first-order valence-electron chi connectivity index (χ1n) is 6.66. The van der Waals surface area contributed by atoms with Gasteiger partial charge in [-0.3, -0.25) is 4.99 Å². The van der Waals surface area contributed by atoms with Gasteiger partial charge in [-0.25, -0.2) is 4.39 Å². The summed E-state index contributed by atoms with van der Waals surface area (Å²) in [6, 6.07) is 3.41. The van der Waals surface area contributed by atoms with Crippen LogP contribution in [0.3, 0.4) is 0 Å². The molecule has 1 aliphatic heterocycles. The van der Waals surface area contributed by atoms with E-state index in [1.807, 2.05) is 6.07 Å². The van der Waals surface area contributed by atoms with Crippen molar-refractivity contribution >= 4 is 27.3 Å². The quantitative estimate of drug-likeness (QED) is 0.822. The molecule has 0 aromatic heterocycles. The van der Waals surface area contributed by atoms with Crippen LogP contribution in [-0.4, -0.2) is 16.4 Å². The standard InChI is InChI=1S/C15H17BrFNO/c1-14(2,19)13-15(5-3-4-6-15)10-7-9(16)8-11(17)12(10)18-13/h7-8,19H,3-6H2,1-2H3. The number of rotatable bonds is 1. The minimum absolute atomic E-state index is 0.266. The maximum atomic E-state index is 14.1. The van der Waals surface area contributed by atoms with Crippen molar-refractivity contribution < 1.29 is 9.50 Å². The number of fused-ring (bicyclic) bond motifs is 2. The Labute approximate surface area is 120 Å². The summed E-state index contributed by atoms with van der Waals surface area (Å²) in [4.78, 5) is 4.47. The molecule has 0 radical (unpaired) electrons. The highest BCUT2D eigenvalue weighted by molar-refractivity contribution is 9.10. The summed E-state index contributed by atoms with van der Waals surface area (Å²) in [5, 5.41) is 10.4. The van der Waals surface area contributed by atoms with Crippen LogP contribution in [0.15, 0.2) is 21.6 Å². The van der Waals surface area contributed by atoms with Crippen LogP contribution < -0.4 is 0 Å². The molecule has 2 nitrogen and oxygen atoms in total. The summed E-state index contributed by atoms with van der Waals surface area (Å²) in [5.41, 5.74) is 0.807. The van der Waals surface area contributed by atoms with Crippen molar-refractivity contribution in [1.29, 1.82) is 0 Å². The lowest BCUT2D eigenvalue weighted by Gasteiger charge is -2.33. The summed E-state index contributed by atoms with van der Waals surface area (Å²) < 4.78 is 14.9. The third-order valence-electron chi connectivity index (χ3n) is 4.26. The van der Waals surface area contributed by atoms with E-state index < -0.39 is 5.60 Å². The molecule has 1 aliphatic carbocycles. The largest absolute Gasteiger partial charge is 0.384 e. The van der Waals surface area contributed by atoms with E-state index in [2.05, 4.69) is 20.9 Å². The second-order valence-corrected chi connectivity index (χ2v) is 7.01. The van der Waals surface area contributed by atoms with Crippen molar-refractivity contribution in [3.8, 4) is 0 Å². The van der Waals surface area contributed by atoms with Gasteiger partial charge < -0.3 is 5.11 Å². The molecule has 1 aromatic carbocycles. The number of nitrogens with zero attached hydrogens (tertiary/aromatic N) is 1. The molecule has 1 aromatic rings. The van der Waals surface area contributed by atoms with Crippen molar-refractivity contribution in [2.24, 2.45) is 4.99 Å². The highest BCUT2D eigenvalue weighted by Gasteiger charge is 2.50. The fraction of sp³-hybridized carbons (Fsp3) is 0.533. The Morgan fingerprint density at radius 1 is 1.32 bits per heavy atom. The Morgan fingerprint density at radius 2 is 1.95 bits per heavy atom. The van der Waals surface area contributed by atoms with E-state index in [-0.39, 0.29) is 11.2 Å². The molecular formula is C15H17BrFNO. The minimum atomic E-state index is -1.01. The van der Waals surface area contributed by atoms with Crippen LogP contribution in [0.2, 0.25) is 0 Å². The van der Waals surface area contributed by atoms with Crippen molar-refractivity contribution in [3.05, 3.63) is 28.0 Å². The van der Waals surface area contributed by atoms with Crippen molar-refractivity contribution in [3.63, 3.8) is 0 Å². The number of hydrogen-bond acceptors (Lipinski definition) is 2. The topological polar surface area (TPSA) is 32.6 Å². The molecule has 0 amide bonds. The summed E-state index contributed by atoms with van der Waals surface area (Å²) >= 11 is 3.36. The van der Waals surface area contributed by atoms with Crippen LogP contribution in [0, 0.1) is 5.82 Å². The van der Waals surface area contributed by atoms with E-state index in [1.54, 1.807) is 13.8 Å². The van der Waals surface area contributed by atoms with Crippen LogP contribution in [0.4, 0.5) is 10.1 Å². The summed E-state index contributed by atoms with van der Waals surface area (Å²) in [6.45, 7) is 3.48. The Kier molecular flexibility index (Phi) is 2.88. The Hall–Kier alpha value is -0.740. The molecule has 0 atom stereocenters. The molecule has 0 saturated heterocycles. The number of hydrogen-bond donors (Lipinski definition) is 1. The third kappa shape index (κ3) is 1.88. The SMILES string of the molecule is CC(C)(O)C1=Nc2c(F)cc(Br)cc2C12CCCC2. The molecular weight excluding hydrogens is 309 g/mol. The van der Waals surface area contributed by atoms with Gasteiger partial charge in [0.15, 0.2) is 0 Å². The minimum Gasteiger partial charge on any atom is -0.384 e. The van der Waals surface area contributed by atoms with E-state index in [0.717, 1.165) is 41.4 Å². The average Bonchev–Trinajstić information content (AvgIpc) is 2.86. The van der Waals surface area contributed by atoms with Gasteiger partial charge in [-0.05, 0) is 44.4 Å². The average molecular weight is 326 g/mol. The first-order valence-corrected chi connectivity index (χ1v) is 7.45. The van der Waals surface area contributed by atoms with Gasteiger partial charge >= 0.3 is 0 Å². The van der Waals surface area contributed by atoms with E-state index in [1.165, 1.54) is 6.07 Å². The number of benzene rings is 1. The van der Waals surface area contributed by atoms with Gasteiger partial charge in [-0.2, -0.15) is 0 Å². The normalized spacial score (nSPS) is 20.8. The Morgan fingerprint density at radius 3 is 2.53 bits per heavy atom. The van der Waals surface area contributed by atoms with Crippen LogP contribution in [0.5, 0.6) is 0 Å². The fourth-order valence-electron chi connectivity index (χ4n) is 3.60. The smallest absolute Gasteiger partial charge is 0.150 e. The van der Waals surface area contributed by atoms with E-state index in [9.17, 15) is 9.50 Å². The van der Waals surface area contributed by atoms with Crippen molar-refractivity contribution in [2.75, 3.05) is 0 Å². The van der Waals surface area contributed by atoms with Crippen LogP contribution >= 0.6 is 15.9 Å². The third-order valence-corrected chi connectivity index (χ3v) is 4.72. The zero-order chi connectivity index (χ0) is 13.8. The van der Waals surface area contributed by atoms with Gasteiger partial charge in [-0.1, -0.05) is 28.8 Å². The van der Waals surface area contributed by atoms with Crippen LogP contribution in [0.1, 0.15) is 45.1 Å². The number of aliphatic imine (C=N–C) groups is 1. The van der Waals surface area contributed by atoms with Gasteiger partial charge in [0.2, 0.25) is 0 Å². The molecule has 1 fully saturated rings. The summed E-state index contributed by atoms with van der Waals surface area (Å²) in [6.07, 6.45) is 4.09. The molecule has 19 heavy (non-hydrogen) atoms. The fourth-order valence-corrected chi connectivity index (χ4v) is 4.03. The monoisotopic (exact) mass is 325 g/mol. The summed E-state index contributed by atoms with van der Waals surface area (Å²) in [5.74, 6) is -0.310. The van der Waals surface area contributed by atoms with Crippen molar-refractivity contribution in [2.45, 2.75) is 50.5 Å². The number of aliphatic hydroxyl groups is 1. The van der Waals surface area contributed by atoms with Crippen LogP contribution in [0.25, 0.3) is 0 Å². The zero-order valence-corrected chi connectivity index (χ0v) is 12.7. The predicted octanol–water partition coefficient (Wildman–Crippen LogP) is 4.26. The maximum absolute atomic E-state index is 14.1. The molecule has 0 bridgehead atoms. The van der Waals surface area contributed by atoms with E-state index in [4.69, 9.17) is 0 Å². The Bertz CT molecular complexity index is 568. The van der Waals surface area contributed by atoms with Gasteiger partial charge in [0.25, 0.3) is 0 Å². The molecule has 0 unspecified atom stereocenters. The molecule has 1 heterocycles. The summed E-state index contributed by atoms with van der Waals surface area (Å²) in [7, 11) is 0. The van der Waals surface area contributed by atoms with Gasteiger partial charge in [0.05, 0.1) is 11.3 Å². The Balaban J connectivity index is 2.26. The first-order chi connectivity index (χ1) is 8.84. The predicted molar refractivity (Wildman–Crippen MR) is 77.6 cm³/mol. The second kappa shape index (κ2) is 4.13. The zero-order valence-electron chi connectivity index (χ0n) is 11.1. The lowest BCUT2D eigenvalue weighted by Crippen LogP contribution is -2.44. The molecule has 2 aliphatic rings. The molecule has 3 rings (SSSR count). The van der Waals surface area contributed by atoms with E-state index in [0.29, 0.717) is 5.69 Å². The molecule has 102 valence electrons. The van der Waals surface area contributed by atoms with E-state index >= 15 is 0 Å². The van der Waals surface area contributed by atoms with Crippen molar-refractivity contribution in [1.82, 2.24) is 0 Å². The molecule has 1 N–H and O–H groups in total. The van der Waals surface area contributed by atoms with Gasteiger partial charge in [0.1, 0.15) is 11.5 Å². The highest BCUT2D eigenvalue weighted by atomic mass is 79.9. The maximum Gasteiger partial charge on any atom is 0.150 e. The molecule has 1 spiro atoms. The van der Waals surface area contributed by atoms with Crippen LogP contribution in [-0.2, 0) is 5.41 Å². The molecule has 4 heteroatoms. The van der Waals surface area contributed by atoms with Gasteiger partial charge in [0, 0.05) is 9.89 Å².